The van der Waals surface area contributed by atoms with Crippen LogP contribution in [0, 0.1) is 13.8 Å². The fourth-order valence-corrected chi connectivity index (χ4v) is 7.08. The first-order valence-corrected chi connectivity index (χ1v) is 13.1. The minimum Gasteiger partial charge on any atom is -0.403 e. The Morgan fingerprint density at radius 1 is 0.774 bits per heavy atom. The second-order valence-electron chi connectivity index (χ2n) is 7.78. The highest BCUT2D eigenvalue weighted by Crippen LogP contribution is 2.59. The summed E-state index contributed by atoms with van der Waals surface area (Å²) in [6.45, 7) is 3.69. The van der Waals surface area contributed by atoms with E-state index in [9.17, 15) is 13.0 Å². The van der Waals surface area contributed by atoms with Crippen LogP contribution < -0.4 is 13.5 Å². The van der Waals surface area contributed by atoms with Crippen molar-refractivity contribution >= 4 is 39.3 Å². The van der Waals surface area contributed by atoms with Gasteiger partial charge in [-0.3, -0.25) is 0 Å². The SMILES string of the molecule is Cc1cc2ccccc2c2c1OP(=O)(NS(C)(=O)=O)Oc1c(C)cc3ccccc3c1-2. The van der Waals surface area contributed by atoms with E-state index in [1.54, 1.807) is 0 Å². The van der Waals surface area contributed by atoms with Crippen LogP contribution in [0.15, 0.2) is 60.7 Å². The van der Waals surface area contributed by atoms with Gasteiger partial charge in [0.15, 0.2) is 0 Å². The molecule has 31 heavy (non-hydrogen) atoms. The van der Waals surface area contributed by atoms with Crippen LogP contribution in [0.4, 0.5) is 0 Å². The molecule has 0 fully saturated rings. The third-order valence-corrected chi connectivity index (χ3v) is 8.39. The lowest BCUT2D eigenvalue weighted by atomic mass is 9.89. The van der Waals surface area contributed by atoms with Crippen LogP contribution in [-0.2, 0) is 14.6 Å². The second kappa shape index (κ2) is 6.82. The molecule has 8 heteroatoms. The Morgan fingerprint density at radius 2 is 1.19 bits per heavy atom. The van der Waals surface area contributed by atoms with Gasteiger partial charge in [-0.2, -0.15) is 0 Å². The van der Waals surface area contributed by atoms with Gasteiger partial charge in [-0.05, 0) is 58.7 Å². The van der Waals surface area contributed by atoms with E-state index in [4.69, 9.17) is 9.05 Å². The van der Waals surface area contributed by atoms with Crippen LogP contribution >= 0.6 is 7.75 Å². The third-order valence-electron chi connectivity index (χ3n) is 5.33. The van der Waals surface area contributed by atoms with E-state index in [1.807, 2.05) is 74.5 Å². The van der Waals surface area contributed by atoms with Gasteiger partial charge in [-0.15, -0.1) is 0 Å². The number of benzene rings is 4. The van der Waals surface area contributed by atoms with Gasteiger partial charge >= 0.3 is 7.75 Å². The lowest BCUT2D eigenvalue weighted by Crippen LogP contribution is -2.24. The molecule has 4 aromatic carbocycles. The van der Waals surface area contributed by atoms with Crippen molar-refractivity contribution in [1.29, 1.82) is 0 Å². The van der Waals surface area contributed by atoms with Crippen LogP contribution in [0.3, 0.4) is 0 Å². The highest BCUT2D eigenvalue weighted by Gasteiger charge is 2.39. The van der Waals surface area contributed by atoms with Crippen molar-refractivity contribution in [2.75, 3.05) is 6.26 Å². The zero-order valence-corrected chi connectivity index (χ0v) is 18.9. The Bertz CT molecular complexity index is 1450. The summed E-state index contributed by atoms with van der Waals surface area (Å²) >= 11 is 0. The van der Waals surface area contributed by atoms with E-state index in [-0.39, 0.29) is 0 Å². The quantitative estimate of drug-likeness (QED) is 0.394. The molecule has 0 aliphatic carbocycles. The number of hydrogen-bond donors (Lipinski definition) is 1. The van der Waals surface area contributed by atoms with Gasteiger partial charge in [0.25, 0.3) is 0 Å². The number of sulfonamides is 1. The van der Waals surface area contributed by atoms with Crippen molar-refractivity contribution in [3.63, 3.8) is 0 Å². The Balaban J connectivity index is 1.99. The monoisotopic (exact) mass is 453 g/mol. The number of aryl methyl sites for hydroxylation is 2. The Labute approximate surface area is 180 Å². The Kier molecular flexibility index (Phi) is 4.42. The molecule has 158 valence electrons. The zero-order valence-electron chi connectivity index (χ0n) is 17.2. The Hall–Kier alpha value is -2.86. The lowest BCUT2D eigenvalue weighted by molar-refractivity contribution is 0.384. The molecule has 5 rings (SSSR count). The third kappa shape index (κ3) is 3.39. The smallest absolute Gasteiger partial charge is 0.403 e. The summed E-state index contributed by atoms with van der Waals surface area (Å²) in [5.41, 5.74) is 2.93. The predicted octanol–water partition coefficient (Wildman–Crippen LogP) is 5.71. The Morgan fingerprint density at radius 3 is 1.61 bits per heavy atom. The maximum Gasteiger partial charge on any atom is 0.526 e. The summed E-state index contributed by atoms with van der Waals surface area (Å²) < 4.78 is 51.5. The maximum absolute atomic E-state index is 13.6. The summed E-state index contributed by atoms with van der Waals surface area (Å²) in [6.07, 6.45) is 0.923. The molecule has 0 amide bonds. The van der Waals surface area contributed by atoms with Crippen molar-refractivity contribution < 1.29 is 22.0 Å². The molecular weight excluding hydrogens is 433 g/mol. The van der Waals surface area contributed by atoms with Crippen LogP contribution in [0.2, 0.25) is 0 Å². The lowest BCUT2D eigenvalue weighted by Gasteiger charge is -2.19. The molecule has 0 atom stereocenters. The molecule has 0 bridgehead atoms. The van der Waals surface area contributed by atoms with Gasteiger partial charge in [-0.25, -0.2) is 13.0 Å². The molecule has 1 N–H and O–H groups in total. The zero-order chi connectivity index (χ0) is 22.0. The summed E-state index contributed by atoms with van der Waals surface area (Å²) in [4.78, 5) is 0. The van der Waals surface area contributed by atoms with Crippen molar-refractivity contribution in [2.24, 2.45) is 0 Å². The van der Waals surface area contributed by atoms with Crippen LogP contribution in [0.1, 0.15) is 11.1 Å². The van der Waals surface area contributed by atoms with Crippen LogP contribution in [-0.4, -0.2) is 14.7 Å². The van der Waals surface area contributed by atoms with Crippen LogP contribution in [0.25, 0.3) is 32.7 Å². The highest BCUT2D eigenvalue weighted by atomic mass is 32.2. The van der Waals surface area contributed by atoms with E-state index in [2.05, 4.69) is 4.49 Å². The van der Waals surface area contributed by atoms with Gasteiger partial charge in [0.1, 0.15) is 11.5 Å². The molecule has 0 aromatic heterocycles. The van der Waals surface area contributed by atoms with Crippen molar-refractivity contribution in [2.45, 2.75) is 13.8 Å². The molecule has 0 radical (unpaired) electrons. The molecule has 4 aromatic rings. The maximum atomic E-state index is 13.6. The fraction of sp³-hybridized carbons (Fsp3) is 0.130. The average molecular weight is 453 g/mol. The summed E-state index contributed by atoms with van der Waals surface area (Å²) in [7, 11) is -8.17. The summed E-state index contributed by atoms with van der Waals surface area (Å²) in [5, 5.41) is 3.78. The molecule has 0 unspecified atom stereocenters. The van der Waals surface area contributed by atoms with Gasteiger partial charge in [-0.1, -0.05) is 53.0 Å². The molecule has 0 saturated carbocycles. The van der Waals surface area contributed by atoms with Crippen molar-refractivity contribution in [3.05, 3.63) is 71.8 Å². The van der Waals surface area contributed by atoms with E-state index in [1.165, 1.54) is 0 Å². The van der Waals surface area contributed by atoms with Gasteiger partial charge in [0.2, 0.25) is 10.0 Å². The number of rotatable bonds is 2. The van der Waals surface area contributed by atoms with E-state index >= 15 is 0 Å². The molecule has 1 aliphatic rings. The van der Waals surface area contributed by atoms with Crippen molar-refractivity contribution in [1.82, 2.24) is 4.49 Å². The van der Waals surface area contributed by atoms with Gasteiger partial charge in [0, 0.05) is 11.1 Å². The molecule has 0 spiro atoms. The van der Waals surface area contributed by atoms with Crippen molar-refractivity contribution in [3.8, 4) is 22.6 Å². The summed E-state index contributed by atoms with van der Waals surface area (Å²) in [5.74, 6) is 0.681. The van der Waals surface area contributed by atoms with E-state index in [0.717, 1.165) is 50.1 Å². The average Bonchev–Trinajstić information content (AvgIpc) is 2.82. The first-order valence-electron chi connectivity index (χ1n) is 9.68. The highest BCUT2D eigenvalue weighted by molar-refractivity contribution is 7.94. The largest absolute Gasteiger partial charge is 0.526 e. The number of nitrogens with one attached hydrogen (secondary N) is 1. The number of fused-ring (bicyclic) bond motifs is 7. The van der Waals surface area contributed by atoms with E-state index in [0.29, 0.717) is 11.5 Å². The predicted molar refractivity (Wildman–Crippen MR) is 123 cm³/mol. The minimum atomic E-state index is -4.29. The molecule has 1 heterocycles. The van der Waals surface area contributed by atoms with Crippen LogP contribution in [0.5, 0.6) is 11.5 Å². The summed E-state index contributed by atoms with van der Waals surface area (Å²) in [6, 6.07) is 19.6. The normalized spacial score (nSPS) is 14.9. The molecule has 0 saturated heterocycles. The first kappa shape index (κ1) is 20.1. The standard InChI is InChI=1S/C23H20NO5PS/c1-14-12-16-8-4-6-10-18(16)20-21-19-11-7-5-9-17(19)13-15(2)23(21)29-30(25,28-22(14)20)24-31(3,26)27/h4-13H,1-3H3,(H,24,25). The topological polar surface area (TPSA) is 81.7 Å². The fourth-order valence-electron chi connectivity index (χ4n) is 4.17. The molecular formula is C23H20NO5PS. The van der Waals surface area contributed by atoms with E-state index < -0.39 is 17.8 Å². The van der Waals surface area contributed by atoms with Gasteiger partial charge in [0.05, 0.1) is 6.26 Å². The molecule has 6 nitrogen and oxygen atoms in total. The first-order chi connectivity index (χ1) is 14.7. The number of hydrogen-bond acceptors (Lipinski definition) is 5. The van der Waals surface area contributed by atoms with Gasteiger partial charge < -0.3 is 9.05 Å². The second-order valence-corrected chi connectivity index (χ2v) is 11.4. The molecule has 1 aliphatic heterocycles. The minimum absolute atomic E-state index is 0.340.